The molecule has 0 N–H and O–H groups in total. The van der Waals surface area contributed by atoms with E-state index in [1.54, 1.807) is 7.11 Å². The fourth-order valence-electron chi connectivity index (χ4n) is 3.37. The highest BCUT2D eigenvalue weighted by molar-refractivity contribution is 5.89. The van der Waals surface area contributed by atoms with Crippen LogP contribution in [-0.2, 0) is 11.3 Å². The van der Waals surface area contributed by atoms with E-state index in [2.05, 4.69) is 23.6 Å². The molecule has 1 aliphatic heterocycles. The molecule has 2 atom stereocenters. The predicted octanol–water partition coefficient (Wildman–Crippen LogP) is 3.05. The molecule has 1 heterocycles. The molecule has 2 unspecified atom stereocenters. The Hall–Kier alpha value is -1.61. The molecule has 0 spiro atoms. The molecule has 2 fully saturated rings. The first kappa shape index (κ1) is 14.3. The Morgan fingerprint density at radius 2 is 2.05 bits per heavy atom. The molecule has 1 aliphatic carbocycles. The number of nitrogens with zero attached hydrogens (tertiary/aromatic N) is 1. The Morgan fingerprint density at radius 1 is 1.33 bits per heavy atom. The number of Topliss-reactive ketones (excluding diaryl/α,β-unsaturated/α-hetero) is 1. The van der Waals surface area contributed by atoms with Gasteiger partial charge in [0.15, 0.2) is 5.78 Å². The Bertz CT molecular complexity index is 519. The van der Waals surface area contributed by atoms with E-state index in [0.717, 1.165) is 25.3 Å². The Balaban J connectivity index is 1.72. The van der Waals surface area contributed by atoms with Gasteiger partial charge in [-0.3, -0.25) is 9.69 Å². The van der Waals surface area contributed by atoms with Crippen LogP contribution in [-0.4, -0.2) is 30.4 Å². The summed E-state index contributed by atoms with van der Waals surface area (Å²) >= 11 is 0. The summed E-state index contributed by atoms with van der Waals surface area (Å²) in [7, 11) is 1.68. The van der Waals surface area contributed by atoms with Gasteiger partial charge in [0.2, 0.25) is 0 Å². The average molecular weight is 285 g/mol. The molecule has 1 saturated carbocycles. The average Bonchev–Trinajstić information content (AvgIpc) is 3.28. The van der Waals surface area contributed by atoms with Crippen LogP contribution in [0.1, 0.15) is 24.8 Å². The van der Waals surface area contributed by atoms with Crippen molar-refractivity contribution in [3.05, 3.63) is 42.5 Å². The van der Waals surface area contributed by atoms with Crippen LogP contribution in [0.5, 0.6) is 5.75 Å². The number of carbonyl (C=O) groups excluding carboxylic acids is 1. The number of methoxy groups -OCH3 is 1. The third-order valence-electron chi connectivity index (χ3n) is 4.61. The number of likely N-dealkylation sites (tertiary alicyclic amines) is 1. The van der Waals surface area contributed by atoms with E-state index in [9.17, 15) is 4.79 Å². The Kier molecular flexibility index (Phi) is 4.11. The lowest BCUT2D eigenvalue weighted by atomic mass is 9.98. The van der Waals surface area contributed by atoms with Crippen LogP contribution < -0.4 is 4.74 Å². The molecular weight excluding hydrogens is 262 g/mol. The van der Waals surface area contributed by atoms with Gasteiger partial charge in [0.05, 0.1) is 13.2 Å². The quantitative estimate of drug-likeness (QED) is 0.752. The number of allylic oxidation sites excluding steroid dienone is 1. The minimum Gasteiger partial charge on any atom is -0.497 e. The number of ether oxygens (including phenoxy) is 1. The summed E-state index contributed by atoms with van der Waals surface area (Å²) in [5, 5.41) is 0. The lowest BCUT2D eigenvalue weighted by molar-refractivity contribution is -0.123. The molecule has 112 valence electrons. The summed E-state index contributed by atoms with van der Waals surface area (Å²) < 4.78 is 5.20. The van der Waals surface area contributed by atoms with Crippen molar-refractivity contribution in [2.45, 2.75) is 31.8 Å². The monoisotopic (exact) mass is 285 g/mol. The van der Waals surface area contributed by atoms with Crippen molar-refractivity contribution in [2.24, 2.45) is 11.8 Å². The van der Waals surface area contributed by atoms with Crippen LogP contribution in [0.15, 0.2) is 36.9 Å². The smallest absolute Gasteiger partial charge is 0.154 e. The van der Waals surface area contributed by atoms with Gasteiger partial charge in [-0.15, -0.1) is 6.58 Å². The normalized spacial score (nSPS) is 26.0. The van der Waals surface area contributed by atoms with Gasteiger partial charge in [-0.25, -0.2) is 0 Å². The van der Waals surface area contributed by atoms with E-state index in [-0.39, 0.29) is 12.0 Å². The van der Waals surface area contributed by atoms with Crippen LogP contribution in [0.25, 0.3) is 0 Å². The van der Waals surface area contributed by atoms with Gasteiger partial charge in [-0.05, 0) is 42.9 Å². The zero-order chi connectivity index (χ0) is 14.8. The SMILES string of the molecule is C=CCC1CN(Cc2ccc(OC)cc2)C(C2CC2)C1=O. The van der Waals surface area contributed by atoms with Crippen LogP contribution in [0.3, 0.4) is 0 Å². The van der Waals surface area contributed by atoms with Crippen molar-refractivity contribution in [3.8, 4) is 5.75 Å². The Labute approximate surface area is 126 Å². The second-order valence-corrected chi connectivity index (χ2v) is 6.18. The largest absolute Gasteiger partial charge is 0.497 e. The standard InChI is InChI=1S/C18H23NO2/c1-3-4-15-12-19(17(18(15)20)14-7-8-14)11-13-5-9-16(21-2)10-6-13/h3,5-6,9-10,14-15,17H,1,4,7-8,11-12H2,2H3. The van der Waals surface area contributed by atoms with Gasteiger partial charge in [0.25, 0.3) is 0 Å². The number of rotatable bonds is 6. The van der Waals surface area contributed by atoms with E-state index in [4.69, 9.17) is 4.74 Å². The summed E-state index contributed by atoms with van der Waals surface area (Å²) in [6.45, 7) is 5.51. The van der Waals surface area contributed by atoms with E-state index < -0.39 is 0 Å². The summed E-state index contributed by atoms with van der Waals surface area (Å²) in [6, 6.07) is 8.29. The fraction of sp³-hybridized carbons (Fsp3) is 0.500. The van der Waals surface area contributed by atoms with E-state index in [1.165, 1.54) is 18.4 Å². The molecule has 0 radical (unpaired) electrons. The van der Waals surface area contributed by atoms with Crippen molar-refractivity contribution < 1.29 is 9.53 Å². The van der Waals surface area contributed by atoms with Crippen molar-refractivity contribution in [3.63, 3.8) is 0 Å². The first-order valence-electron chi connectivity index (χ1n) is 7.74. The van der Waals surface area contributed by atoms with E-state index in [0.29, 0.717) is 11.7 Å². The maximum atomic E-state index is 12.6. The van der Waals surface area contributed by atoms with Crippen LogP contribution in [0, 0.1) is 11.8 Å². The molecule has 0 aromatic heterocycles. The summed E-state index contributed by atoms with van der Waals surface area (Å²) in [4.78, 5) is 14.9. The van der Waals surface area contributed by atoms with Crippen molar-refractivity contribution in [1.29, 1.82) is 0 Å². The molecule has 2 aliphatic rings. The number of carbonyl (C=O) groups is 1. The fourth-order valence-corrected chi connectivity index (χ4v) is 3.37. The highest BCUT2D eigenvalue weighted by Gasteiger charge is 2.47. The molecule has 21 heavy (non-hydrogen) atoms. The lowest BCUT2D eigenvalue weighted by Crippen LogP contribution is -2.34. The molecule has 1 saturated heterocycles. The van der Waals surface area contributed by atoms with Crippen LogP contribution >= 0.6 is 0 Å². The highest BCUT2D eigenvalue weighted by atomic mass is 16.5. The maximum Gasteiger partial charge on any atom is 0.154 e. The van der Waals surface area contributed by atoms with E-state index in [1.807, 2.05) is 18.2 Å². The number of hydrogen-bond donors (Lipinski definition) is 0. The molecule has 0 amide bonds. The molecule has 0 bridgehead atoms. The summed E-state index contributed by atoms with van der Waals surface area (Å²) in [5.74, 6) is 2.04. The second kappa shape index (κ2) is 6.02. The van der Waals surface area contributed by atoms with Crippen molar-refractivity contribution >= 4 is 5.78 Å². The summed E-state index contributed by atoms with van der Waals surface area (Å²) in [5.41, 5.74) is 1.24. The van der Waals surface area contributed by atoms with Crippen LogP contribution in [0.4, 0.5) is 0 Å². The molecule has 3 rings (SSSR count). The summed E-state index contributed by atoms with van der Waals surface area (Å²) in [6.07, 6.45) is 5.09. The van der Waals surface area contributed by atoms with Crippen molar-refractivity contribution in [2.75, 3.05) is 13.7 Å². The van der Waals surface area contributed by atoms with Gasteiger partial charge in [0.1, 0.15) is 5.75 Å². The zero-order valence-corrected chi connectivity index (χ0v) is 12.6. The minimum atomic E-state index is 0.136. The van der Waals surface area contributed by atoms with Gasteiger partial charge >= 0.3 is 0 Å². The van der Waals surface area contributed by atoms with Gasteiger partial charge in [0, 0.05) is 19.0 Å². The number of hydrogen-bond acceptors (Lipinski definition) is 3. The molecule has 3 nitrogen and oxygen atoms in total. The van der Waals surface area contributed by atoms with Crippen molar-refractivity contribution in [1.82, 2.24) is 4.90 Å². The minimum absolute atomic E-state index is 0.136. The first-order chi connectivity index (χ1) is 10.2. The van der Waals surface area contributed by atoms with Gasteiger partial charge in [-0.2, -0.15) is 0 Å². The molecular formula is C18H23NO2. The van der Waals surface area contributed by atoms with Gasteiger partial charge in [-0.1, -0.05) is 18.2 Å². The predicted molar refractivity (Wildman–Crippen MR) is 83.2 cm³/mol. The third kappa shape index (κ3) is 3.03. The number of ketones is 1. The maximum absolute atomic E-state index is 12.6. The molecule has 3 heteroatoms. The Morgan fingerprint density at radius 3 is 2.62 bits per heavy atom. The highest BCUT2D eigenvalue weighted by Crippen LogP contribution is 2.41. The molecule has 1 aromatic carbocycles. The van der Waals surface area contributed by atoms with Gasteiger partial charge < -0.3 is 4.74 Å². The molecule has 1 aromatic rings. The van der Waals surface area contributed by atoms with Crippen LogP contribution in [0.2, 0.25) is 0 Å². The van der Waals surface area contributed by atoms with E-state index >= 15 is 0 Å². The first-order valence-corrected chi connectivity index (χ1v) is 7.74. The lowest BCUT2D eigenvalue weighted by Gasteiger charge is -2.23. The second-order valence-electron chi connectivity index (χ2n) is 6.18. The number of benzene rings is 1. The zero-order valence-electron chi connectivity index (χ0n) is 12.6. The third-order valence-corrected chi connectivity index (χ3v) is 4.61. The topological polar surface area (TPSA) is 29.5 Å².